The molecule has 2 aromatic rings. The molecule has 0 saturated heterocycles. The minimum Gasteiger partial charge on any atom is -0.494 e. The molecule has 0 radical (unpaired) electrons. The highest BCUT2D eigenvalue weighted by Gasteiger charge is 2.18. The summed E-state index contributed by atoms with van der Waals surface area (Å²) in [5.74, 6) is 0.257. The van der Waals surface area contributed by atoms with Gasteiger partial charge in [-0.15, -0.1) is 5.10 Å². The van der Waals surface area contributed by atoms with Crippen molar-refractivity contribution in [2.24, 2.45) is 0 Å². The van der Waals surface area contributed by atoms with Gasteiger partial charge in [0.05, 0.1) is 13.2 Å². The Balaban J connectivity index is 2.04. The maximum atomic E-state index is 11.8. The Kier molecular flexibility index (Phi) is 5.91. The third-order valence-corrected chi connectivity index (χ3v) is 2.91. The van der Waals surface area contributed by atoms with Gasteiger partial charge >= 0.3 is 5.97 Å². The fraction of sp³-hybridized carbons (Fsp3) is 0.400. The SMILES string of the molecule is CCOC(=O)c1n[nH]nc1-c1ccc(OCCCOC)cc1. The summed E-state index contributed by atoms with van der Waals surface area (Å²) in [6.45, 7) is 3.29. The van der Waals surface area contributed by atoms with E-state index in [1.165, 1.54) is 0 Å². The van der Waals surface area contributed by atoms with Crippen LogP contribution in [0.3, 0.4) is 0 Å². The van der Waals surface area contributed by atoms with E-state index >= 15 is 0 Å². The number of rotatable bonds is 8. The van der Waals surface area contributed by atoms with E-state index in [4.69, 9.17) is 14.2 Å². The van der Waals surface area contributed by atoms with E-state index in [9.17, 15) is 4.79 Å². The average Bonchev–Trinajstić information content (AvgIpc) is 3.02. The largest absolute Gasteiger partial charge is 0.494 e. The number of methoxy groups -OCH3 is 1. The highest BCUT2D eigenvalue weighted by Crippen LogP contribution is 2.23. The number of H-pyrrole nitrogens is 1. The second kappa shape index (κ2) is 8.14. The maximum Gasteiger partial charge on any atom is 0.361 e. The van der Waals surface area contributed by atoms with Gasteiger partial charge in [-0.25, -0.2) is 4.79 Å². The van der Waals surface area contributed by atoms with E-state index in [2.05, 4.69) is 15.4 Å². The molecular weight excluding hydrogens is 286 g/mol. The lowest BCUT2D eigenvalue weighted by atomic mass is 10.1. The van der Waals surface area contributed by atoms with Crippen LogP contribution in [0, 0.1) is 0 Å². The lowest BCUT2D eigenvalue weighted by Crippen LogP contribution is -2.06. The van der Waals surface area contributed by atoms with E-state index in [1.54, 1.807) is 14.0 Å². The van der Waals surface area contributed by atoms with E-state index in [0.29, 0.717) is 25.5 Å². The summed E-state index contributed by atoms with van der Waals surface area (Å²) >= 11 is 0. The van der Waals surface area contributed by atoms with Gasteiger partial charge in [-0.3, -0.25) is 0 Å². The van der Waals surface area contributed by atoms with E-state index in [0.717, 1.165) is 17.7 Å². The van der Waals surface area contributed by atoms with Gasteiger partial charge in [0.15, 0.2) is 5.69 Å². The van der Waals surface area contributed by atoms with Gasteiger partial charge in [-0.1, -0.05) is 0 Å². The number of nitrogens with zero attached hydrogens (tertiary/aromatic N) is 2. The molecule has 1 aromatic carbocycles. The highest BCUT2D eigenvalue weighted by atomic mass is 16.5. The van der Waals surface area contributed by atoms with Crippen molar-refractivity contribution in [2.45, 2.75) is 13.3 Å². The Morgan fingerprint density at radius 1 is 1.18 bits per heavy atom. The summed E-state index contributed by atoms with van der Waals surface area (Å²) < 4.78 is 15.5. The first-order valence-electron chi connectivity index (χ1n) is 7.06. The second-order valence-electron chi connectivity index (χ2n) is 4.46. The molecule has 0 fully saturated rings. The van der Waals surface area contributed by atoms with Crippen LogP contribution in [0.1, 0.15) is 23.8 Å². The zero-order valence-electron chi connectivity index (χ0n) is 12.7. The third kappa shape index (κ3) is 4.05. The monoisotopic (exact) mass is 305 g/mol. The van der Waals surface area contributed by atoms with Crippen LogP contribution in [0.25, 0.3) is 11.3 Å². The summed E-state index contributed by atoms with van der Waals surface area (Å²) in [6.07, 6.45) is 0.828. The van der Waals surface area contributed by atoms with Crippen LogP contribution in [0.15, 0.2) is 24.3 Å². The van der Waals surface area contributed by atoms with Gasteiger partial charge in [-0.2, -0.15) is 10.3 Å². The predicted octanol–water partition coefficient (Wildman–Crippen LogP) is 2.06. The minimum atomic E-state index is -0.494. The molecule has 0 atom stereocenters. The number of aromatic nitrogens is 3. The Hall–Kier alpha value is -2.41. The maximum absolute atomic E-state index is 11.8. The van der Waals surface area contributed by atoms with Gasteiger partial charge in [0.1, 0.15) is 11.4 Å². The minimum absolute atomic E-state index is 0.176. The van der Waals surface area contributed by atoms with Gasteiger partial charge in [0, 0.05) is 25.7 Å². The second-order valence-corrected chi connectivity index (χ2v) is 4.46. The summed E-state index contributed by atoms with van der Waals surface area (Å²) in [7, 11) is 1.66. The van der Waals surface area contributed by atoms with Crippen molar-refractivity contribution in [2.75, 3.05) is 26.9 Å². The molecule has 0 bridgehead atoms. The van der Waals surface area contributed by atoms with Crippen LogP contribution < -0.4 is 4.74 Å². The van der Waals surface area contributed by atoms with Crippen molar-refractivity contribution in [3.05, 3.63) is 30.0 Å². The number of hydrogen-bond acceptors (Lipinski definition) is 6. The van der Waals surface area contributed by atoms with E-state index < -0.39 is 5.97 Å². The van der Waals surface area contributed by atoms with Crippen molar-refractivity contribution in [3.8, 4) is 17.0 Å². The van der Waals surface area contributed by atoms with Crippen molar-refractivity contribution < 1.29 is 19.0 Å². The van der Waals surface area contributed by atoms with Crippen molar-refractivity contribution >= 4 is 5.97 Å². The number of nitrogens with one attached hydrogen (secondary N) is 1. The number of hydrogen-bond donors (Lipinski definition) is 1. The number of carbonyl (C=O) groups is 1. The van der Waals surface area contributed by atoms with Crippen LogP contribution >= 0.6 is 0 Å². The van der Waals surface area contributed by atoms with Crippen LogP contribution in [-0.4, -0.2) is 48.3 Å². The van der Waals surface area contributed by atoms with Gasteiger partial charge in [0.25, 0.3) is 0 Å². The molecule has 1 heterocycles. The molecule has 7 nitrogen and oxygen atoms in total. The summed E-state index contributed by atoms with van der Waals surface area (Å²) in [5.41, 5.74) is 1.40. The number of esters is 1. The van der Waals surface area contributed by atoms with Crippen molar-refractivity contribution in [1.29, 1.82) is 0 Å². The summed E-state index contributed by atoms with van der Waals surface area (Å²) in [4.78, 5) is 11.8. The lowest BCUT2D eigenvalue weighted by Gasteiger charge is -2.06. The molecule has 2 rings (SSSR count). The molecule has 0 amide bonds. The van der Waals surface area contributed by atoms with Crippen molar-refractivity contribution in [1.82, 2.24) is 15.4 Å². The fourth-order valence-corrected chi connectivity index (χ4v) is 1.88. The summed E-state index contributed by atoms with van der Waals surface area (Å²) in [6, 6.07) is 7.30. The Morgan fingerprint density at radius 3 is 2.64 bits per heavy atom. The Morgan fingerprint density at radius 2 is 1.95 bits per heavy atom. The van der Waals surface area contributed by atoms with Gasteiger partial charge < -0.3 is 14.2 Å². The molecule has 118 valence electrons. The Labute approximate surface area is 128 Å². The van der Waals surface area contributed by atoms with Crippen LogP contribution in [0.4, 0.5) is 0 Å². The molecule has 1 aromatic heterocycles. The van der Waals surface area contributed by atoms with Crippen LogP contribution in [-0.2, 0) is 9.47 Å². The van der Waals surface area contributed by atoms with E-state index in [-0.39, 0.29) is 5.69 Å². The van der Waals surface area contributed by atoms with Gasteiger partial charge in [0.2, 0.25) is 0 Å². The highest BCUT2D eigenvalue weighted by molar-refractivity contribution is 5.93. The molecule has 0 unspecified atom stereocenters. The van der Waals surface area contributed by atoms with Crippen molar-refractivity contribution in [3.63, 3.8) is 0 Å². The standard InChI is InChI=1S/C15H19N3O4/c1-3-21-15(19)14-13(16-18-17-14)11-5-7-12(8-6-11)22-10-4-9-20-2/h5-8H,3-4,9-10H2,1-2H3,(H,16,17,18). The molecule has 0 aliphatic carbocycles. The molecule has 0 spiro atoms. The molecule has 0 saturated carbocycles. The molecule has 22 heavy (non-hydrogen) atoms. The molecule has 0 aliphatic heterocycles. The zero-order valence-corrected chi connectivity index (χ0v) is 12.7. The zero-order chi connectivity index (χ0) is 15.8. The van der Waals surface area contributed by atoms with Crippen LogP contribution in [0.5, 0.6) is 5.75 Å². The number of benzene rings is 1. The first-order chi connectivity index (χ1) is 10.8. The predicted molar refractivity (Wildman–Crippen MR) is 79.8 cm³/mol. The number of ether oxygens (including phenoxy) is 3. The first-order valence-corrected chi connectivity index (χ1v) is 7.06. The topological polar surface area (TPSA) is 86.3 Å². The fourth-order valence-electron chi connectivity index (χ4n) is 1.88. The van der Waals surface area contributed by atoms with Gasteiger partial charge in [-0.05, 0) is 31.2 Å². The number of carbonyl (C=O) groups excluding carboxylic acids is 1. The lowest BCUT2D eigenvalue weighted by molar-refractivity contribution is 0.0520. The summed E-state index contributed by atoms with van der Waals surface area (Å²) in [5, 5.41) is 10.3. The molecule has 0 aliphatic rings. The molecule has 7 heteroatoms. The van der Waals surface area contributed by atoms with E-state index in [1.807, 2.05) is 24.3 Å². The molecular formula is C15H19N3O4. The normalized spacial score (nSPS) is 10.5. The number of aromatic amines is 1. The first kappa shape index (κ1) is 16.0. The third-order valence-electron chi connectivity index (χ3n) is 2.91. The van der Waals surface area contributed by atoms with Crippen LogP contribution in [0.2, 0.25) is 0 Å². The average molecular weight is 305 g/mol. The smallest absolute Gasteiger partial charge is 0.361 e. The quantitative estimate of drug-likeness (QED) is 0.593. The molecule has 1 N–H and O–H groups in total. The Bertz CT molecular complexity index is 595.